The Hall–Kier alpha value is -1.13. The predicted octanol–water partition coefficient (Wildman–Crippen LogP) is 2.47. The molecule has 1 N–H and O–H groups in total. The fraction of sp³-hybridized carbons (Fsp3) is 0.467. The number of rotatable bonds is 5. The van der Waals surface area contributed by atoms with Crippen LogP contribution >= 0.6 is 0 Å². The zero-order chi connectivity index (χ0) is 13.9. The van der Waals surface area contributed by atoms with Crippen LogP contribution in [-0.4, -0.2) is 26.3 Å². The maximum atomic E-state index is 12.3. The van der Waals surface area contributed by atoms with E-state index in [-0.39, 0.29) is 11.8 Å². The molecule has 104 valence electrons. The Morgan fingerprint density at radius 2 is 1.79 bits per heavy atom. The molecule has 0 saturated carbocycles. The summed E-state index contributed by atoms with van der Waals surface area (Å²) >= 11 is 0. The topological polar surface area (TPSA) is 46.2 Å². The van der Waals surface area contributed by atoms with Crippen molar-refractivity contribution in [2.75, 3.05) is 5.75 Å². The molecule has 0 bridgehead atoms. The monoisotopic (exact) mass is 279 g/mol. The van der Waals surface area contributed by atoms with Crippen molar-refractivity contribution in [3.8, 4) is 0 Å². The molecule has 0 radical (unpaired) electrons. The molecule has 1 aliphatic carbocycles. The lowest BCUT2D eigenvalue weighted by atomic mass is 10.2. The highest BCUT2D eigenvalue weighted by Gasteiger charge is 2.20. The quantitative estimate of drug-likeness (QED) is 0.842. The molecule has 2 rings (SSSR count). The van der Waals surface area contributed by atoms with Crippen molar-refractivity contribution in [2.24, 2.45) is 0 Å². The maximum Gasteiger partial charge on any atom is 0.179 e. The van der Waals surface area contributed by atoms with Gasteiger partial charge in [-0.05, 0) is 38.8 Å². The lowest BCUT2D eigenvalue weighted by Crippen LogP contribution is -2.39. The predicted molar refractivity (Wildman–Crippen MR) is 78.0 cm³/mol. The molecule has 1 aromatic rings. The number of aryl methyl sites for hydroxylation is 1. The summed E-state index contributed by atoms with van der Waals surface area (Å²) in [5.74, 6) is 0.145. The Kier molecular flexibility index (Phi) is 4.42. The molecular weight excluding hydrogens is 258 g/mol. The van der Waals surface area contributed by atoms with Gasteiger partial charge in [-0.25, -0.2) is 8.42 Å². The fourth-order valence-electron chi connectivity index (χ4n) is 2.37. The van der Waals surface area contributed by atoms with Gasteiger partial charge in [0.15, 0.2) is 9.84 Å². The van der Waals surface area contributed by atoms with Gasteiger partial charge in [0.1, 0.15) is 0 Å². The molecule has 0 amide bonds. The highest BCUT2D eigenvalue weighted by molar-refractivity contribution is 7.91. The molecule has 0 heterocycles. The van der Waals surface area contributed by atoms with Crippen LogP contribution in [0, 0.1) is 6.92 Å². The average Bonchev–Trinajstić information content (AvgIpc) is 2.81. The van der Waals surface area contributed by atoms with Crippen LogP contribution in [0.3, 0.4) is 0 Å². The van der Waals surface area contributed by atoms with E-state index in [0.717, 1.165) is 18.4 Å². The first-order valence-electron chi connectivity index (χ1n) is 6.68. The number of hydrogen-bond donors (Lipinski definition) is 1. The van der Waals surface area contributed by atoms with Gasteiger partial charge in [-0.1, -0.05) is 29.8 Å². The molecule has 19 heavy (non-hydrogen) atoms. The van der Waals surface area contributed by atoms with E-state index in [2.05, 4.69) is 17.5 Å². The third kappa shape index (κ3) is 3.91. The third-order valence-electron chi connectivity index (χ3n) is 3.38. The van der Waals surface area contributed by atoms with Crippen LogP contribution in [0.1, 0.15) is 25.3 Å². The van der Waals surface area contributed by atoms with Crippen LogP contribution in [0.15, 0.2) is 41.3 Å². The summed E-state index contributed by atoms with van der Waals surface area (Å²) in [6.45, 7) is 3.89. The second-order valence-electron chi connectivity index (χ2n) is 5.30. The summed E-state index contributed by atoms with van der Waals surface area (Å²) in [5, 5.41) is 3.37. The summed E-state index contributed by atoms with van der Waals surface area (Å²) in [4.78, 5) is 0.413. The first-order chi connectivity index (χ1) is 8.97. The first-order valence-corrected chi connectivity index (χ1v) is 8.33. The minimum atomic E-state index is -3.20. The van der Waals surface area contributed by atoms with Crippen molar-refractivity contribution in [1.82, 2.24) is 5.32 Å². The molecular formula is C15H21NO2S. The SMILES string of the molecule is Cc1ccc(S(=O)(=O)C[C@@H](C)NC2CC=CC2)cc1. The lowest BCUT2D eigenvalue weighted by Gasteiger charge is -2.19. The van der Waals surface area contributed by atoms with Crippen molar-refractivity contribution in [3.05, 3.63) is 42.0 Å². The van der Waals surface area contributed by atoms with E-state index in [1.54, 1.807) is 12.1 Å². The normalized spacial score (nSPS) is 17.8. The molecule has 0 aliphatic heterocycles. The van der Waals surface area contributed by atoms with Gasteiger partial charge in [-0.3, -0.25) is 0 Å². The molecule has 0 unspecified atom stereocenters. The third-order valence-corrected chi connectivity index (χ3v) is 5.31. The Labute approximate surface area is 115 Å². The molecule has 0 fully saturated rings. The van der Waals surface area contributed by atoms with Crippen LogP contribution in [0.2, 0.25) is 0 Å². The number of benzene rings is 1. The molecule has 4 heteroatoms. The summed E-state index contributed by atoms with van der Waals surface area (Å²) in [6.07, 6.45) is 6.27. The molecule has 0 spiro atoms. The minimum Gasteiger partial charge on any atom is -0.310 e. The van der Waals surface area contributed by atoms with Gasteiger partial charge >= 0.3 is 0 Å². The van der Waals surface area contributed by atoms with Gasteiger partial charge in [0.25, 0.3) is 0 Å². The van der Waals surface area contributed by atoms with E-state index in [1.165, 1.54) is 0 Å². The smallest absolute Gasteiger partial charge is 0.179 e. The molecule has 1 atom stereocenters. The van der Waals surface area contributed by atoms with Crippen molar-refractivity contribution in [2.45, 2.75) is 43.7 Å². The zero-order valence-corrected chi connectivity index (χ0v) is 12.3. The minimum absolute atomic E-state index is 0.0313. The van der Waals surface area contributed by atoms with Gasteiger partial charge in [0.05, 0.1) is 10.6 Å². The average molecular weight is 279 g/mol. The van der Waals surface area contributed by atoms with Crippen molar-refractivity contribution in [1.29, 1.82) is 0 Å². The highest BCUT2D eigenvalue weighted by Crippen LogP contribution is 2.15. The van der Waals surface area contributed by atoms with Gasteiger partial charge in [0, 0.05) is 12.1 Å². The van der Waals surface area contributed by atoms with Crippen LogP contribution in [0.4, 0.5) is 0 Å². The summed E-state index contributed by atoms with van der Waals surface area (Å²) in [5.41, 5.74) is 1.07. The molecule has 1 aliphatic rings. The molecule has 0 aromatic heterocycles. The largest absolute Gasteiger partial charge is 0.310 e. The van der Waals surface area contributed by atoms with Crippen molar-refractivity contribution >= 4 is 9.84 Å². The van der Waals surface area contributed by atoms with E-state index < -0.39 is 9.84 Å². The molecule has 0 saturated heterocycles. The summed E-state index contributed by atoms with van der Waals surface area (Å²) in [6, 6.07) is 7.42. The highest BCUT2D eigenvalue weighted by atomic mass is 32.2. The second-order valence-corrected chi connectivity index (χ2v) is 7.34. The summed E-state index contributed by atoms with van der Waals surface area (Å²) in [7, 11) is -3.20. The number of sulfone groups is 1. The second kappa shape index (κ2) is 5.88. The van der Waals surface area contributed by atoms with E-state index in [9.17, 15) is 8.42 Å². The Balaban J connectivity index is 1.98. The lowest BCUT2D eigenvalue weighted by molar-refractivity contribution is 0.478. The van der Waals surface area contributed by atoms with Crippen LogP contribution in [-0.2, 0) is 9.84 Å². The zero-order valence-electron chi connectivity index (χ0n) is 11.5. The number of hydrogen-bond acceptors (Lipinski definition) is 3. The Morgan fingerprint density at radius 3 is 2.37 bits per heavy atom. The van der Waals surface area contributed by atoms with E-state index in [1.807, 2.05) is 26.0 Å². The number of nitrogens with one attached hydrogen (secondary N) is 1. The van der Waals surface area contributed by atoms with E-state index in [0.29, 0.717) is 10.9 Å². The van der Waals surface area contributed by atoms with Gasteiger partial charge in [-0.15, -0.1) is 0 Å². The van der Waals surface area contributed by atoms with E-state index >= 15 is 0 Å². The Bertz CT molecular complexity index is 538. The van der Waals surface area contributed by atoms with Crippen LogP contribution < -0.4 is 5.32 Å². The fourth-order valence-corrected chi connectivity index (χ4v) is 3.87. The molecule has 1 aromatic carbocycles. The van der Waals surface area contributed by atoms with Crippen LogP contribution in [0.5, 0.6) is 0 Å². The standard InChI is InChI=1S/C15H21NO2S/c1-12-7-9-15(10-8-12)19(17,18)11-13(2)16-14-5-3-4-6-14/h3-4,7-10,13-14,16H,5-6,11H2,1-2H3/t13-/m1/s1. The Morgan fingerprint density at radius 1 is 1.21 bits per heavy atom. The first kappa shape index (κ1) is 14.3. The van der Waals surface area contributed by atoms with Crippen LogP contribution in [0.25, 0.3) is 0 Å². The maximum absolute atomic E-state index is 12.3. The molecule has 3 nitrogen and oxygen atoms in total. The van der Waals surface area contributed by atoms with Gasteiger partial charge in [0.2, 0.25) is 0 Å². The van der Waals surface area contributed by atoms with E-state index in [4.69, 9.17) is 0 Å². The van der Waals surface area contributed by atoms with Crippen molar-refractivity contribution < 1.29 is 8.42 Å². The van der Waals surface area contributed by atoms with Gasteiger partial charge < -0.3 is 5.32 Å². The van der Waals surface area contributed by atoms with Gasteiger partial charge in [-0.2, -0.15) is 0 Å². The van der Waals surface area contributed by atoms with Crippen molar-refractivity contribution in [3.63, 3.8) is 0 Å². The summed E-state index contributed by atoms with van der Waals surface area (Å²) < 4.78 is 24.5.